The molecular formula is C32H36N2O5S. The van der Waals surface area contributed by atoms with Crippen LogP contribution < -0.4 is 5.32 Å². The lowest BCUT2D eigenvalue weighted by molar-refractivity contribution is -0.148. The number of carbonyl (C=O) groups is 3. The molecule has 1 heterocycles. The van der Waals surface area contributed by atoms with Crippen LogP contribution >= 0.6 is 11.8 Å². The summed E-state index contributed by atoms with van der Waals surface area (Å²) in [4.78, 5) is 39.7. The number of aliphatic carboxylic acids is 1. The predicted octanol–water partition coefficient (Wildman–Crippen LogP) is 4.63. The maximum absolute atomic E-state index is 13.6. The summed E-state index contributed by atoms with van der Waals surface area (Å²) < 4.78 is 5.38. The summed E-state index contributed by atoms with van der Waals surface area (Å²) in [7, 11) is 0. The van der Waals surface area contributed by atoms with E-state index in [1.165, 1.54) is 16.0 Å². The number of ether oxygens (including phenoxy) is 1. The average molecular weight is 561 g/mol. The molecule has 1 fully saturated rings. The third-order valence-corrected chi connectivity index (χ3v) is 9.25. The molecule has 1 aliphatic heterocycles. The van der Waals surface area contributed by atoms with Gasteiger partial charge in [-0.3, -0.25) is 19.7 Å². The monoisotopic (exact) mass is 560 g/mol. The molecule has 1 amide bonds. The van der Waals surface area contributed by atoms with Crippen molar-refractivity contribution in [2.75, 3.05) is 25.4 Å². The van der Waals surface area contributed by atoms with E-state index in [1.54, 1.807) is 18.7 Å². The largest absolute Gasteiger partial charge is 0.480 e. The van der Waals surface area contributed by atoms with Gasteiger partial charge in [0.2, 0.25) is 5.91 Å². The molecule has 40 heavy (non-hydrogen) atoms. The van der Waals surface area contributed by atoms with Crippen LogP contribution in [0.15, 0.2) is 66.7 Å². The highest BCUT2D eigenvalue weighted by Gasteiger charge is 2.36. The van der Waals surface area contributed by atoms with Crippen LogP contribution in [-0.4, -0.2) is 65.4 Å². The fraction of sp³-hybridized carbons (Fsp3) is 0.406. The maximum atomic E-state index is 13.6. The second-order valence-corrected chi connectivity index (χ2v) is 11.9. The molecule has 0 spiro atoms. The van der Waals surface area contributed by atoms with Crippen LogP contribution in [0.4, 0.5) is 0 Å². The standard InChI is InChI=1S/C32H36N2O5S/c1-2-39-32(38)27(14-11-21-15-23-8-5-6-9-24(23)16-21)33-28-20-40-29(18-34(31(28)37)19-30(35)36)26-13-12-22-7-3-4-10-25(22)17-26/h3-10,12-13,17,21,27-29,33H,2,11,14-16,18-20H2,1H3,(H,35,36). The normalized spacial score (nSPS) is 20.2. The van der Waals surface area contributed by atoms with Crippen LogP contribution in [0.3, 0.4) is 0 Å². The molecule has 0 saturated carbocycles. The van der Waals surface area contributed by atoms with Gasteiger partial charge in [0.25, 0.3) is 0 Å². The molecule has 1 saturated heterocycles. The van der Waals surface area contributed by atoms with Crippen LogP contribution in [0.25, 0.3) is 10.8 Å². The molecule has 3 aromatic carbocycles. The zero-order chi connectivity index (χ0) is 28.1. The third kappa shape index (κ3) is 6.67. The first-order valence-corrected chi connectivity index (χ1v) is 15.1. The molecule has 8 heteroatoms. The van der Waals surface area contributed by atoms with Gasteiger partial charge in [-0.05, 0) is 72.1 Å². The number of benzene rings is 3. The number of rotatable bonds is 10. The molecule has 2 aliphatic rings. The quantitative estimate of drug-likeness (QED) is 0.349. The van der Waals surface area contributed by atoms with Crippen molar-refractivity contribution in [1.82, 2.24) is 10.2 Å². The van der Waals surface area contributed by atoms with Crippen molar-refractivity contribution in [3.05, 3.63) is 83.4 Å². The number of carboxylic acid groups (broad SMARTS) is 1. The van der Waals surface area contributed by atoms with Gasteiger partial charge in [0.1, 0.15) is 12.6 Å². The Morgan fingerprint density at radius 2 is 1.75 bits per heavy atom. The Hall–Kier alpha value is -3.36. The number of carboxylic acids is 1. The Morgan fingerprint density at radius 1 is 1.05 bits per heavy atom. The van der Waals surface area contributed by atoms with Crippen molar-refractivity contribution >= 4 is 40.4 Å². The Labute approximate surface area is 239 Å². The summed E-state index contributed by atoms with van der Waals surface area (Å²) in [5, 5.41) is 15.0. The van der Waals surface area contributed by atoms with E-state index in [0.717, 1.165) is 35.6 Å². The molecule has 0 aromatic heterocycles. The Bertz CT molecular complexity index is 1350. The van der Waals surface area contributed by atoms with Gasteiger partial charge in [-0.15, -0.1) is 11.8 Å². The van der Waals surface area contributed by atoms with Crippen molar-refractivity contribution in [2.45, 2.75) is 49.9 Å². The van der Waals surface area contributed by atoms with Crippen LogP contribution in [0.2, 0.25) is 0 Å². The highest BCUT2D eigenvalue weighted by Crippen LogP contribution is 2.35. The number of nitrogens with one attached hydrogen (secondary N) is 1. The van der Waals surface area contributed by atoms with Crippen LogP contribution in [0.1, 0.15) is 41.7 Å². The van der Waals surface area contributed by atoms with E-state index >= 15 is 0 Å². The van der Waals surface area contributed by atoms with Gasteiger partial charge in [0.15, 0.2) is 0 Å². The zero-order valence-corrected chi connectivity index (χ0v) is 23.6. The second kappa shape index (κ2) is 12.9. The first kappa shape index (κ1) is 28.2. The highest BCUT2D eigenvalue weighted by molar-refractivity contribution is 7.99. The first-order chi connectivity index (χ1) is 19.4. The van der Waals surface area contributed by atoms with Gasteiger partial charge in [-0.2, -0.15) is 0 Å². The number of hydrogen-bond donors (Lipinski definition) is 2. The van der Waals surface area contributed by atoms with Crippen molar-refractivity contribution in [1.29, 1.82) is 0 Å². The van der Waals surface area contributed by atoms with E-state index in [1.807, 2.05) is 12.1 Å². The van der Waals surface area contributed by atoms with Crippen molar-refractivity contribution in [3.8, 4) is 0 Å². The summed E-state index contributed by atoms with van der Waals surface area (Å²) in [6, 6.07) is 21.5. The number of carbonyl (C=O) groups excluding carboxylic acids is 2. The van der Waals surface area contributed by atoms with Gasteiger partial charge in [0.05, 0.1) is 12.6 Å². The molecule has 1 aliphatic carbocycles. The molecule has 5 rings (SSSR count). The number of thioether (sulfide) groups is 1. The highest BCUT2D eigenvalue weighted by atomic mass is 32.2. The van der Waals surface area contributed by atoms with Gasteiger partial charge in [-0.1, -0.05) is 60.7 Å². The van der Waals surface area contributed by atoms with Crippen LogP contribution in [-0.2, 0) is 32.0 Å². The Balaban J connectivity index is 1.31. The van der Waals surface area contributed by atoms with Crippen molar-refractivity contribution in [2.24, 2.45) is 5.92 Å². The zero-order valence-electron chi connectivity index (χ0n) is 22.8. The average Bonchev–Trinajstić information content (AvgIpc) is 3.31. The SMILES string of the molecule is CCOC(=O)C(CCC1Cc2ccccc2C1)NC1CSC(c2ccc3ccccc3c2)CN(CC(=O)O)C1=O. The summed E-state index contributed by atoms with van der Waals surface area (Å²) in [5.41, 5.74) is 3.79. The van der Waals surface area contributed by atoms with E-state index in [-0.39, 0.29) is 36.8 Å². The molecule has 210 valence electrons. The summed E-state index contributed by atoms with van der Waals surface area (Å²) in [6.45, 7) is 1.94. The fourth-order valence-electron chi connectivity index (χ4n) is 5.89. The summed E-state index contributed by atoms with van der Waals surface area (Å²) >= 11 is 1.62. The van der Waals surface area contributed by atoms with Crippen LogP contribution in [0.5, 0.6) is 0 Å². The number of amides is 1. The molecule has 3 aromatic rings. The summed E-state index contributed by atoms with van der Waals surface area (Å²) in [6.07, 6.45) is 3.37. The number of nitrogens with zero attached hydrogens (tertiary/aromatic N) is 1. The molecule has 3 unspecified atom stereocenters. The first-order valence-electron chi connectivity index (χ1n) is 14.0. The van der Waals surface area contributed by atoms with Gasteiger partial charge in [0, 0.05) is 17.5 Å². The Morgan fingerprint density at radius 3 is 2.45 bits per heavy atom. The van der Waals surface area contributed by atoms with E-state index < -0.39 is 18.1 Å². The topological polar surface area (TPSA) is 95.9 Å². The third-order valence-electron chi connectivity index (χ3n) is 7.90. The smallest absolute Gasteiger partial charge is 0.323 e. The minimum absolute atomic E-state index is 0.0854. The minimum atomic E-state index is -1.06. The predicted molar refractivity (Wildman–Crippen MR) is 157 cm³/mol. The number of esters is 1. The second-order valence-electron chi connectivity index (χ2n) is 10.7. The van der Waals surface area contributed by atoms with Crippen molar-refractivity contribution in [3.63, 3.8) is 0 Å². The molecule has 7 nitrogen and oxygen atoms in total. The fourth-order valence-corrected chi connectivity index (χ4v) is 7.18. The van der Waals surface area contributed by atoms with E-state index in [4.69, 9.17) is 4.74 Å². The van der Waals surface area contributed by atoms with Gasteiger partial charge < -0.3 is 14.7 Å². The van der Waals surface area contributed by atoms with Crippen LogP contribution in [0, 0.1) is 5.92 Å². The lowest BCUT2D eigenvalue weighted by atomic mass is 9.96. The van der Waals surface area contributed by atoms with Crippen molar-refractivity contribution < 1.29 is 24.2 Å². The van der Waals surface area contributed by atoms with Gasteiger partial charge in [-0.25, -0.2) is 0 Å². The van der Waals surface area contributed by atoms with E-state index in [0.29, 0.717) is 18.1 Å². The minimum Gasteiger partial charge on any atom is -0.480 e. The molecule has 3 atom stereocenters. The molecule has 0 radical (unpaired) electrons. The lowest BCUT2D eigenvalue weighted by Gasteiger charge is -2.27. The van der Waals surface area contributed by atoms with E-state index in [9.17, 15) is 19.5 Å². The molecular weight excluding hydrogens is 524 g/mol. The molecule has 2 N–H and O–H groups in total. The number of fused-ring (bicyclic) bond motifs is 2. The summed E-state index contributed by atoms with van der Waals surface area (Å²) in [5.74, 6) is -0.844. The number of hydrogen-bond acceptors (Lipinski definition) is 6. The Kier molecular flexibility index (Phi) is 9.07. The van der Waals surface area contributed by atoms with E-state index in [2.05, 4.69) is 59.9 Å². The van der Waals surface area contributed by atoms with Gasteiger partial charge >= 0.3 is 11.9 Å². The molecule has 0 bridgehead atoms. The maximum Gasteiger partial charge on any atom is 0.323 e. The lowest BCUT2D eigenvalue weighted by Crippen LogP contribution is -2.53.